The Balaban J connectivity index is 3.01. The fourth-order valence-electron chi connectivity index (χ4n) is 1.01. The summed E-state index contributed by atoms with van der Waals surface area (Å²) in [4.78, 5) is 0. The van der Waals surface area contributed by atoms with Crippen molar-refractivity contribution in [1.29, 1.82) is 0 Å². The van der Waals surface area contributed by atoms with Gasteiger partial charge in [-0.25, -0.2) is 0 Å². The summed E-state index contributed by atoms with van der Waals surface area (Å²) < 4.78 is 34.7. The van der Waals surface area contributed by atoms with Crippen molar-refractivity contribution in [3.63, 3.8) is 0 Å². The minimum atomic E-state index is -4.08. The summed E-state index contributed by atoms with van der Waals surface area (Å²) in [7, 11) is 0. The first kappa shape index (κ1) is 11.8. The molecule has 0 rings (SSSR count). The van der Waals surface area contributed by atoms with E-state index in [1.807, 2.05) is 0 Å². The van der Waals surface area contributed by atoms with Crippen molar-refractivity contribution < 1.29 is 13.2 Å². The number of rotatable bonds is 6. The van der Waals surface area contributed by atoms with Crippen LogP contribution in [0, 0.1) is 6.42 Å². The summed E-state index contributed by atoms with van der Waals surface area (Å²) in [5, 5.41) is 0. The highest BCUT2D eigenvalue weighted by Crippen LogP contribution is 2.21. The molecular weight excluding hydrogens is 165 g/mol. The lowest BCUT2D eigenvalue weighted by Crippen LogP contribution is -2.07. The summed E-state index contributed by atoms with van der Waals surface area (Å²) in [6.07, 6.45) is 1.44. The molecule has 0 saturated carbocycles. The lowest BCUT2D eigenvalue weighted by Gasteiger charge is -2.04. The van der Waals surface area contributed by atoms with Gasteiger partial charge < -0.3 is 0 Å². The van der Waals surface area contributed by atoms with E-state index in [0.717, 1.165) is 25.7 Å². The Morgan fingerprint density at radius 3 is 2.08 bits per heavy atom. The zero-order valence-electron chi connectivity index (χ0n) is 7.45. The van der Waals surface area contributed by atoms with Gasteiger partial charge in [0.1, 0.15) is 0 Å². The minimum Gasteiger partial charge on any atom is -0.171 e. The summed E-state index contributed by atoms with van der Waals surface area (Å²) in [6, 6.07) is 0. The van der Waals surface area contributed by atoms with E-state index in [0.29, 0.717) is 12.8 Å². The van der Waals surface area contributed by atoms with Crippen LogP contribution in [0.2, 0.25) is 0 Å². The molecular formula is C9H16F3. The SMILES string of the molecule is CCCCCCC[CH]C(F)(F)F. The second-order valence-corrected chi connectivity index (χ2v) is 2.95. The van der Waals surface area contributed by atoms with Crippen molar-refractivity contribution in [1.82, 2.24) is 0 Å². The molecule has 0 bridgehead atoms. The molecule has 0 aliphatic heterocycles. The summed E-state index contributed by atoms with van der Waals surface area (Å²) in [6.45, 7) is 2.09. The van der Waals surface area contributed by atoms with Crippen LogP contribution in [0.5, 0.6) is 0 Å². The molecule has 0 atom stereocenters. The van der Waals surface area contributed by atoms with Crippen molar-refractivity contribution in [2.24, 2.45) is 0 Å². The van der Waals surface area contributed by atoms with Crippen molar-refractivity contribution >= 4 is 0 Å². The van der Waals surface area contributed by atoms with Gasteiger partial charge in [-0.05, 0) is 6.42 Å². The van der Waals surface area contributed by atoms with Gasteiger partial charge in [-0.1, -0.05) is 39.0 Å². The molecule has 0 aromatic carbocycles. The number of hydrogen-bond donors (Lipinski definition) is 0. The first-order chi connectivity index (χ1) is 5.56. The Hall–Kier alpha value is -0.210. The average molecular weight is 181 g/mol. The molecule has 0 N–H and O–H groups in total. The minimum absolute atomic E-state index is 0.174. The Bertz CT molecular complexity index is 96.4. The fraction of sp³-hybridized carbons (Fsp3) is 0.889. The van der Waals surface area contributed by atoms with Gasteiger partial charge in [0.15, 0.2) is 0 Å². The molecule has 0 fully saturated rings. The van der Waals surface area contributed by atoms with Gasteiger partial charge in [-0.3, -0.25) is 0 Å². The number of halogens is 3. The lowest BCUT2D eigenvalue weighted by molar-refractivity contribution is -0.0984. The molecule has 12 heavy (non-hydrogen) atoms. The normalized spacial score (nSPS) is 12.0. The van der Waals surface area contributed by atoms with Gasteiger partial charge in [0.05, 0.1) is 6.42 Å². The Kier molecular flexibility index (Phi) is 6.21. The number of alkyl halides is 3. The first-order valence-electron chi connectivity index (χ1n) is 4.47. The molecule has 0 nitrogen and oxygen atoms in total. The van der Waals surface area contributed by atoms with Crippen LogP contribution in [-0.4, -0.2) is 6.18 Å². The quantitative estimate of drug-likeness (QED) is 0.541. The molecule has 0 heterocycles. The number of hydrogen-bond acceptors (Lipinski definition) is 0. The van der Waals surface area contributed by atoms with E-state index in [1.54, 1.807) is 0 Å². The predicted molar refractivity (Wildman–Crippen MR) is 43.7 cm³/mol. The van der Waals surface area contributed by atoms with Crippen LogP contribution in [0.25, 0.3) is 0 Å². The van der Waals surface area contributed by atoms with Gasteiger partial charge in [0.2, 0.25) is 0 Å². The second-order valence-electron chi connectivity index (χ2n) is 2.95. The van der Waals surface area contributed by atoms with Crippen LogP contribution in [0.4, 0.5) is 13.2 Å². The molecule has 0 spiro atoms. The molecule has 1 radical (unpaired) electrons. The standard InChI is InChI=1S/C9H16F3/c1-2-3-4-5-6-7-8-9(10,11)12/h8H,2-7H2,1H3. The van der Waals surface area contributed by atoms with Crippen LogP contribution in [0.1, 0.15) is 45.4 Å². The Morgan fingerprint density at radius 2 is 1.58 bits per heavy atom. The van der Waals surface area contributed by atoms with Gasteiger partial charge in [-0.2, -0.15) is 13.2 Å². The predicted octanol–water partition coefficient (Wildman–Crippen LogP) is 4.11. The summed E-state index contributed by atoms with van der Waals surface area (Å²) >= 11 is 0. The second kappa shape index (κ2) is 6.32. The average Bonchev–Trinajstić information content (AvgIpc) is 1.94. The molecule has 0 saturated heterocycles. The topological polar surface area (TPSA) is 0 Å². The van der Waals surface area contributed by atoms with E-state index < -0.39 is 6.18 Å². The van der Waals surface area contributed by atoms with Crippen LogP contribution in [0.3, 0.4) is 0 Å². The van der Waals surface area contributed by atoms with E-state index in [-0.39, 0.29) is 6.42 Å². The molecule has 0 aliphatic rings. The zero-order chi connectivity index (χ0) is 9.45. The van der Waals surface area contributed by atoms with E-state index >= 15 is 0 Å². The zero-order valence-corrected chi connectivity index (χ0v) is 7.45. The van der Waals surface area contributed by atoms with Crippen LogP contribution < -0.4 is 0 Å². The third-order valence-electron chi connectivity index (χ3n) is 1.68. The highest BCUT2D eigenvalue weighted by Gasteiger charge is 2.26. The molecule has 0 aromatic rings. The largest absolute Gasteiger partial charge is 0.392 e. The maximum absolute atomic E-state index is 11.6. The highest BCUT2D eigenvalue weighted by molar-refractivity contribution is 4.73. The van der Waals surface area contributed by atoms with E-state index in [2.05, 4.69) is 6.92 Å². The molecule has 0 aromatic heterocycles. The van der Waals surface area contributed by atoms with Crippen molar-refractivity contribution in [3.8, 4) is 0 Å². The molecule has 3 heteroatoms. The van der Waals surface area contributed by atoms with Crippen molar-refractivity contribution in [2.45, 2.75) is 51.6 Å². The van der Waals surface area contributed by atoms with Gasteiger partial charge in [-0.15, -0.1) is 0 Å². The third-order valence-corrected chi connectivity index (χ3v) is 1.68. The highest BCUT2D eigenvalue weighted by atomic mass is 19.4. The van der Waals surface area contributed by atoms with Gasteiger partial charge in [0.25, 0.3) is 0 Å². The maximum atomic E-state index is 11.6. The molecule has 0 unspecified atom stereocenters. The van der Waals surface area contributed by atoms with Gasteiger partial charge in [0, 0.05) is 0 Å². The van der Waals surface area contributed by atoms with E-state index in [4.69, 9.17) is 0 Å². The van der Waals surface area contributed by atoms with Crippen LogP contribution in [-0.2, 0) is 0 Å². The smallest absolute Gasteiger partial charge is 0.171 e. The maximum Gasteiger partial charge on any atom is 0.392 e. The summed E-state index contributed by atoms with van der Waals surface area (Å²) in [5.74, 6) is 0. The number of unbranched alkanes of at least 4 members (excludes halogenated alkanes) is 5. The molecule has 0 aliphatic carbocycles. The monoisotopic (exact) mass is 181 g/mol. The Morgan fingerprint density at radius 1 is 1.00 bits per heavy atom. The first-order valence-corrected chi connectivity index (χ1v) is 4.47. The van der Waals surface area contributed by atoms with Crippen molar-refractivity contribution in [2.75, 3.05) is 0 Å². The van der Waals surface area contributed by atoms with Crippen LogP contribution >= 0.6 is 0 Å². The van der Waals surface area contributed by atoms with E-state index in [9.17, 15) is 13.2 Å². The van der Waals surface area contributed by atoms with Crippen molar-refractivity contribution in [3.05, 3.63) is 6.42 Å². The molecule has 0 amide bonds. The van der Waals surface area contributed by atoms with Gasteiger partial charge >= 0.3 is 6.18 Å². The third kappa shape index (κ3) is 9.79. The van der Waals surface area contributed by atoms with E-state index in [1.165, 1.54) is 0 Å². The van der Waals surface area contributed by atoms with Crippen LogP contribution in [0.15, 0.2) is 0 Å². The fourth-order valence-corrected chi connectivity index (χ4v) is 1.01. The summed E-state index contributed by atoms with van der Waals surface area (Å²) in [5.41, 5.74) is 0. The molecule has 73 valence electrons. The Labute approximate surface area is 72.2 Å². The lowest BCUT2D eigenvalue weighted by atomic mass is 10.1.